The number of aliphatic imine (C=N–C) groups is 2. The van der Waals surface area contributed by atoms with E-state index >= 15 is 0 Å². The van der Waals surface area contributed by atoms with Crippen LogP contribution in [0, 0.1) is 6.92 Å². The minimum Gasteiger partial charge on any atom is -0.356 e. The molecule has 0 atom stereocenters. The smallest absolute Gasteiger partial charge is 0.257 e. The number of allylic oxidation sites excluding steroid dienone is 1. The van der Waals surface area contributed by atoms with Gasteiger partial charge in [-0.2, -0.15) is 0 Å². The minimum absolute atomic E-state index is 0.131. The largest absolute Gasteiger partial charge is 0.356 e. The fourth-order valence-electron chi connectivity index (χ4n) is 4.14. The van der Waals surface area contributed by atoms with E-state index in [1.807, 2.05) is 24.3 Å². The van der Waals surface area contributed by atoms with Crippen LogP contribution in [0.5, 0.6) is 0 Å². The molecular weight excluding hydrogens is 422 g/mol. The number of nitrogens with one attached hydrogen (secondary N) is 3. The van der Waals surface area contributed by atoms with Crippen LogP contribution in [0.4, 0.5) is 11.4 Å². The van der Waals surface area contributed by atoms with Crippen molar-refractivity contribution in [2.24, 2.45) is 9.98 Å². The van der Waals surface area contributed by atoms with E-state index in [1.54, 1.807) is 6.20 Å². The van der Waals surface area contributed by atoms with Crippen molar-refractivity contribution in [3.05, 3.63) is 69.9 Å². The van der Waals surface area contributed by atoms with Gasteiger partial charge < -0.3 is 10.6 Å². The van der Waals surface area contributed by atoms with Crippen molar-refractivity contribution in [3.63, 3.8) is 0 Å². The monoisotopic (exact) mass is 447 g/mol. The summed E-state index contributed by atoms with van der Waals surface area (Å²) in [5.74, 6) is 0.919. The van der Waals surface area contributed by atoms with E-state index < -0.39 is 0 Å². The van der Waals surface area contributed by atoms with E-state index in [4.69, 9.17) is 11.6 Å². The molecule has 3 aliphatic rings. The summed E-state index contributed by atoms with van der Waals surface area (Å²) in [7, 11) is 0. The third kappa shape index (κ3) is 4.41. The van der Waals surface area contributed by atoms with Gasteiger partial charge in [-0.15, -0.1) is 0 Å². The van der Waals surface area contributed by atoms with Gasteiger partial charge in [-0.05, 0) is 67.5 Å². The lowest BCUT2D eigenvalue weighted by Gasteiger charge is -2.18. The third-order valence-electron chi connectivity index (χ3n) is 6.07. The van der Waals surface area contributed by atoms with Gasteiger partial charge in [0.05, 0.1) is 5.71 Å². The molecular formula is C25H26ClN5O. The number of carbonyl (C=O) groups is 1. The van der Waals surface area contributed by atoms with E-state index in [-0.39, 0.29) is 5.91 Å². The molecule has 1 fully saturated rings. The highest BCUT2D eigenvalue weighted by molar-refractivity contribution is 6.32. The summed E-state index contributed by atoms with van der Waals surface area (Å²) in [6.07, 6.45) is 5.67. The standard InChI is InChI=1S/C25H26ClN5O/c1-15-19(23-13-18(26)14-29-23)4-2-5-21(15)30-22-9-8-17(12-20(22)16-6-7-16)24(32)31-25-27-10-3-11-28-25/h2,4-5,8-9,12,14,16,30H,3,6-7,10-11,13H2,1H3,(H2,27,28,31,32). The average molecular weight is 448 g/mol. The van der Waals surface area contributed by atoms with Gasteiger partial charge in [-0.3, -0.25) is 20.1 Å². The maximum Gasteiger partial charge on any atom is 0.257 e. The highest BCUT2D eigenvalue weighted by Gasteiger charge is 2.27. The third-order valence-corrected chi connectivity index (χ3v) is 6.30. The molecule has 5 rings (SSSR count). The van der Waals surface area contributed by atoms with E-state index in [1.165, 1.54) is 5.56 Å². The number of halogens is 1. The Labute approximate surface area is 192 Å². The number of carbonyl (C=O) groups excluding carboxylic acids is 1. The van der Waals surface area contributed by atoms with Crippen LogP contribution in [0.25, 0.3) is 0 Å². The van der Waals surface area contributed by atoms with Gasteiger partial charge in [-0.25, -0.2) is 0 Å². The van der Waals surface area contributed by atoms with Crippen LogP contribution < -0.4 is 16.0 Å². The highest BCUT2D eigenvalue weighted by Crippen LogP contribution is 2.44. The summed E-state index contributed by atoms with van der Waals surface area (Å²) in [6.45, 7) is 3.68. The first kappa shape index (κ1) is 20.8. The maximum atomic E-state index is 12.8. The van der Waals surface area contributed by atoms with Crippen molar-refractivity contribution in [2.45, 2.75) is 38.5 Å². The second-order valence-corrected chi connectivity index (χ2v) is 8.96. The van der Waals surface area contributed by atoms with Crippen LogP contribution in [0.2, 0.25) is 0 Å². The van der Waals surface area contributed by atoms with Gasteiger partial charge >= 0.3 is 0 Å². The fourth-order valence-corrected chi connectivity index (χ4v) is 4.31. The Morgan fingerprint density at radius 2 is 2.06 bits per heavy atom. The molecule has 1 aliphatic carbocycles. The van der Waals surface area contributed by atoms with Crippen molar-refractivity contribution < 1.29 is 4.79 Å². The number of benzene rings is 2. The molecule has 2 heterocycles. The highest BCUT2D eigenvalue weighted by atomic mass is 35.5. The summed E-state index contributed by atoms with van der Waals surface area (Å²) in [6, 6.07) is 12.1. The molecule has 164 valence electrons. The van der Waals surface area contributed by atoms with E-state index in [0.29, 0.717) is 23.9 Å². The van der Waals surface area contributed by atoms with E-state index in [9.17, 15) is 4.79 Å². The minimum atomic E-state index is -0.131. The molecule has 2 aromatic rings. The second kappa shape index (κ2) is 8.79. The number of hydrogen-bond donors (Lipinski definition) is 3. The predicted molar refractivity (Wildman–Crippen MR) is 130 cm³/mol. The van der Waals surface area contributed by atoms with Crippen LogP contribution in [0.1, 0.15) is 58.6 Å². The fraction of sp³-hybridized carbons (Fsp3) is 0.320. The lowest BCUT2D eigenvalue weighted by atomic mass is 9.99. The summed E-state index contributed by atoms with van der Waals surface area (Å²) < 4.78 is 0. The Morgan fingerprint density at radius 3 is 2.78 bits per heavy atom. The first-order valence-electron chi connectivity index (χ1n) is 11.1. The molecule has 32 heavy (non-hydrogen) atoms. The normalized spacial score (nSPS) is 17.8. The molecule has 2 aromatic carbocycles. The van der Waals surface area contributed by atoms with Gasteiger partial charge in [-0.1, -0.05) is 23.7 Å². The predicted octanol–water partition coefficient (Wildman–Crippen LogP) is 4.97. The zero-order chi connectivity index (χ0) is 22.1. The topological polar surface area (TPSA) is 77.9 Å². The first-order chi connectivity index (χ1) is 15.6. The molecule has 1 amide bonds. The first-order valence-corrected chi connectivity index (χ1v) is 11.5. The van der Waals surface area contributed by atoms with Gasteiger partial charge in [0.15, 0.2) is 5.96 Å². The van der Waals surface area contributed by atoms with E-state index in [2.05, 4.69) is 45.0 Å². The maximum absolute atomic E-state index is 12.8. The molecule has 3 N–H and O–H groups in total. The zero-order valence-electron chi connectivity index (χ0n) is 18.0. The Bertz CT molecular complexity index is 1160. The molecule has 0 saturated heterocycles. The molecule has 7 heteroatoms. The van der Waals surface area contributed by atoms with Crippen molar-refractivity contribution >= 4 is 40.6 Å². The molecule has 2 aliphatic heterocycles. The summed E-state index contributed by atoms with van der Waals surface area (Å²) in [4.78, 5) is 21.6. The lowest BCUT2D eigenvalue weighted by Crippen LogP contribution is -2.43. The molecule has 0 bridgehead atoms. The van der Waals surface area contributed by atoms with Crippen LogP contribution in [0.3, 0.4) is 0 Å². The summed E-state index contributed by atoms with van der Waals surface area (Å²) in [5.41, 5.74) is 7.14. The van der Waals surface area contributed by atoms with E-state index in [0.717, 1.165) is 65.6 Å². The number of hydrogen-bond acceptors (Lipinski definition) is 5. The number of rotatable bonds is 5. The van der Waals surface area contributed by atoms with Crippen LogP contribution in [-0.4, -0.2) is 30.7 Å². The number of guanidine groups is 1. The average Bonchev–Trinajstić information content (AvgIpc) is 3.56. The quantitative estimate of drug-likeness (QED) is 0.605. The molecule has 6 nitrogen and oxygen atoms in total. The number of amides is 1. The second-order valence-electron chi connectivity index (χ2n) is 8.47. The van der Waals surface area contributed by atoms with Gasteiger partial charge in [0, 0.05) is 53.2 Å². The Morgan fingerprint density at radius 1 is 1.19 bits per heavy atom. The Hall–Kier alpha value is -3.12. The number of anilines is 2. The van der Waals surface area contributed by atoms with Gasteiger partial charge in [0.2, 0.25) is 0 Å². The lowest BCUT2D eigenvalue weighted by molar-refractivity contribution is 0.0975. The van der Waals surface area contributed by atoms with Crippen molar-refractivity contribution in [2.75, 3.05) is 18.4 Å². The molecule has 0 radical (unpaired) electrons. The SMILES string of the molecule is Cc1c(Nc2ccc(C(=O)NC3=NCCCN3)cc2C2CC2)cccc1C1=NC=C(Cl)C1. The summed E-state index contributed by atoms with van der Waals surface area (Å²) in [5, 5.41) is 10.4. The zero-order valence-corrected chi connectivity index (χ0v) is 18.8. The molecule has 0 spiro atoms. The number of nitrogens with zero attached hydrogens (tertiary/aromatic N) is 2. The van der Waals surface area contributed by atoms with Gasteiger partial charge in [0.1, 0.15) is 0 Å². The Kier molecular flexibility index (Phi) is 5.70. The molecule has 0 unspecified atom stereocenters. The Balaban J connectivity index is 1.39. The van der Waals surface area contributed by atoms with Crippen LogP contribution in [-0.2, 0) is 0 Å². The summed E-state index contributed by atoms with van der Waals surface area (Å²) >= 11 is 6.13. The van der Waals surface area contributed by atoms with Crippen molar-refractivity contribution in [1.82, 2.24) is 10.6 Å². The molecule has 0 aromatic heterocycles. The van der Waals surface area contributed by atoms with Crippen LogP contribution in [0.15, 0.2) is 57.6 Å². The van der Waals surface area contributed by atoms with Gasteiger partial charge in [0.25, 0.3) is 5.91 Å². The van der Waals surface area contributed by atoms with Crippen LogP contribution >= 0.6 is 11.6 Å². The molecule has 1 saturated carbocycles. The van der Waals surface area contributed by atoms with Crippen molar-refractivity contribution in [1.29, 1.82) is 0 Å². The van der Waals surface area contributed by atoms with Crippen molar-refractivity contribution in [3.8, 4) is 0 Å².